The lowest BCUT2D eigenvalue weighted by molar-refractivity contribution is 0.101. The Labute approximate surface area is 136 Å². The Balaban J connectivity index is 2.10. The molecule has 0 bridgehead atoms. The van der Waals surface area contributed by atoms with Gasteiger partial charge in [0.25, 0.3) is 0 Å². The summed E-state index contributed by atoms with van der Waals surface area (Å²) in [4.78, 5) is 13.4. The fourth-order valence-corrected chi connectivity index (χ4v) is 3.20. The van der Waals surface area contributed by atoms with E-state index in [1.54, 1.807) is 32.4 Å². The summed E-state index contributed by atoms with van der Waals surface area (Å²) in [6.07, 6.45) is 0. The Bertz CT molecular complexity index is 643. The van der Waals surface area contributed by atoms with Crippen molar-refractivity contribution >= 4 is 33.5 Å². The molecule has 0 fully saturated rings. The smallest absolute Gasteiger partial charge is 0.176 e. The molecule has 3 nitrogen and oxygen atoms in total. The number of carbonyl (C=O) groups is 1. The SMILES string of the molecule is COc1ccc(C(=O)CSc2cccc(Br)c2)c(OC)c1. The fraction of sp³-hybridized carbons (Fsp3) is 0.188. The van der Waals surface area contributed by atoms with Gasteiger partial charge in [0.15, 0.2) is 5.78 Å². The van der Waals surface area contributed by atoms with Crippen LogP contribution >= 0.6 is 27.7 Å². The molecule has 0 heterocycles. The summed E-state index contributed by atoms with van der Waals surface area (Å²) < 4.78 is 11.4. The van der Waals surface area contributed by atoms with E-state index in [4.69, 9.17) is 9.47 Å². The third kappa shape index (κ3) is 4.25. The van der Waals surface area contributed by atoms with E-state index in [1.165, 1.54) is 11.8 Å². The lowest BCUT2D eigenvalue weighted by atomic mass is 10.1. The van der Waals surface area contributed by atoms with Crippen molar-refractivity contribution in [2.24, 2.45) is 0 Å². The van der Waals surface area contributed by atoms with Gasteiger partial charge < -0.3 is 9.47 Å². The first-order valence-electron chi connectivity index (χ1n) is 6.27. The van der Waals surface area contributed by atoms with Gasteiger partial charge in [-0.2, -0.15) is 0 Å². The maximum absolute atomic E-state index is 12.3. The summed E-state index contributed by atoms with van der Waals surface area (Å²) in [7, 11) is 3.13. The Morgan fingerprint density at radius 2 is 1.95 bits per heavy atom. The molecule has 110 valence electrons. The van der Waals surface area contributed by atoms with Crippen LogP contribution in [0.5, 0.6) is 11.5 Å². The van der Waals surface area contributed by atoms with Gasteiger partial charge >= 0.3 is 0 Å². The van der Waals surface area contributed by atoms with Crippen molar-refractivity contribution in [1.82, 2.24) is 0 Å². The minimum atomic E-state index is 0.0273. The molecular weight excluding hydrogens is 352 g/mol. The van der Waals surface area contributed by atoms with Crippen molar-refractivity contribution in [1.29, 1.82) is 0 Å². The highest BCUT2D eigenvalue weighted by atomic mass is 79.9. The van der Waals surface area contributed by atoms with Gasteiger partial charge in [0.1, 0.15) is 11.5 Å². The highest BCUT2D eigenvalue weighted by Crippen LogP contribution is 2.28. The molecule has 0 amide bonds. The molecule has 0 atom stereocenters. The van der Waals surface area contributed by atoms with Crippen LogP contribution in [0.1, 0.15) is 10.4 Å². The number of rotatable bonds is 6. The molecule has 0 saturated heterocycles. The van der Waals surface area contributed by atoms with Crippen LogP contribution in [0.15, 0.2) is 51.8 Å². The second-order valence-electron chi connectivity index (χ2n) is 4.24. The van der Waals surface area contributed by atoms with Crippen molar-refractivity contribution in [3.05, 3.63) is 52.5 Å². The highest BCUT2D eigenvalue weighted by molar-refractivity contribution is 9.10. The molecule has 0 aliphatic rings. The fourth-order valence-electron chi connectivity index (χ4n) is 1.81. The molecule has 21 heavy (non-hydrogen) atoms. The third-order valence-electron chi connectivity index (χ3n) is 2.88. The Hall–Kier alpha value is -1.46. The molecule has 0 saturated carbocycles. The van der Waals surface area contributed by atoms with Crippen LogP contribution in [0.25, 0.3) is 0 Å². The van der Waals surface area contributed by atoms with Crippen LogP contribution in [-0.4, -0.2) is 25.8 Å². The van der Waals surface area contributed by atoms with E-state index in [0.29, 0.717) is 22.8 Å². The molecule has 0 N–H and O–H groups in total. The third-order valence-corrected chi connectivity index (χ3v) is 4.36. The van der Waals surface area contributed by atoms with E-state index in [0.717, 1.165) is 9.37 Å². The molecule has 0 aliphatic carbocycles. The molecule has 2 aromatic carbocycles. The number of Topliss-reactive ketones (excluding diaryl/α,β-unsaturated/α-hetero) is 1. The number of ether oxygens (including phenoxy) is 2. The van der Waals surface area contributed by atoms with Gasteiger partial charge in [-0.1, -0.05) is 22.0 Å². The number of ketones is 1. The average molecular weight is 367 g/mol. The molecule has 5 heteroatoms. The second-order valence-corrected chi connectivity index (χ2v) is 6.20. The zero-order valence-electron chi connectivity index (χ0n) is 11.8. The summed E-state index contributed by atoms with van der Waals surface area (Å²) in [5.41, 5.74) is 0.570. The van der Waals surface area contributed by atoms with E-state index >= 15 is 0 Å². The van der Waals surface area contributed by atoms with E-state index in [1.807, 2.05) is 24.3 Å². The summed E-state index contributed by atoms with van der Waals surface area (Å²) in [6, 6.07) is 13.1. The van der Waals surface area contributed by atoms with Crippen LogP contribution in [0.2, 0.25) is 0 Å². The lowest BCUT2D eigenvalue weighted by Gasteiger charge is -2.09. The van der Waals surface area contributed by atoms with Crippen LogP contribution in [0.3, 0.4) is 0 Å². The number of hydrogen-bond donors (Lipinski definition) is 0. The van der Waals surface area contributed by atoms with Crippen molar-refractivity contribution < 1.29 is 14.3 Å². The summed E-state index contributed by atoms with van der Waals surface area (Å²) in [5, 5.41) is 0. The molecule has 2 rings (SSSR count). The molecule has 0 spiro atoms. The van der Waals surface area contributed by atoms with Gasteiger partial charge in [-0.05, 0) is 30.3 Å². The molecule has 0 aliphatic heterocycles. The minimum Gasteiger partial charge on any atom is -0.497 e. The Kier molecular flexibility index (Phi) is 5.70. The Morgan fingerprint density at radius 1 is 1.14 bits per heavy atom. The number of methoxy groups -OCH3 is 2. The van der Waals surface area contributed by atoms with Crippen molar-refractivity contribution in [3.63, 3.8) is 0 Å². The number of benzene rings is 2. The van der Waals surface area contributed by atoms with Crippen molar-refractivity contribution in [3.8, 4) is 11.5 Å². The maximum Gasteiger partial charge on any atom is 0.176 e. The first-order valence-corrected chi connectivity index (χ1v) is 8.05. The van der Waals surface area contributed by atoms with Gasteiger partial charge in [0.2, 0.25) is 0 Å². The van der Waals surface area contributed by atoms with Gasteiger partial charge in [0.05, 0.1) is 25.5 Å². The lowest BCUT2D eigenvalue weighted by Crippen LogP contribution is -2.05. The van der Waals surface area contributed by atoms with Gasteiger partial charge in [0, 0.05) is 15.4 Å². The van der Waals surface area contributed by atoms with E-state index < -0.39 is 0 Å². The zero-order chi connectivity index (χ0) is 15.2. The van der Waals surface area contributed by atoms with E-state index in [2.05, 4.69) is 15.9 Å². The van der Waals surface area contributed by atoms with Crippen molar-refractivity contribution in [2.75, 3.05) is 20.0 Å². The van der Waals surface area contributed by atoms with Gasteiger partial charge in [-0.25, -0.2) is 0 Å². The average Bonchev–Trinajstić information content (AvgIpc) is 2.52. The molecule has 0 aromatic heterocycles. The van der Waals surface area contributed by atoms with E-state index in [-0.39, 0.29) is 5.78 Å². The monoisotopic (exact) mass is 366 g/mol. The zero-order valence-corrected chi connectivity index (χ0v) is 14.2. The largest absolute Gasteiger partial charge is 0.497 e. The maximum atomic E-state index is 12.3. The standard InChI is InChI=1S/C16H15BrO3S/c1-19-12-6-7-14(16(9-12)20-2)15(18)10-21-13-5-3-4-11(17)8-13/h3-9H,10H2,1-2H3. The number of hydrogen-bond acceptors (Lipinski definition) is 4. The number of halogens is 1. The van der Waals surface area contributed by atoms with Crippen LogP contribution in [0, 0.1) is 0 Å². The molecule has 2 aromatic rings. The quantitative estimate of drug-likeness (QED) is 0.559. The first-order chi connectivity index (χ1) is 10.1. The number of carbonyl (C=O) groups excluding carboxylic acids is 1. The van der Waals surface area contributed by atoms with Crippen molar-refractivity contribution in [2.45, 2.75) is 4.90 Å². The van der Waals surface area contributed by atoms with E-state index in [9.17, 15) is 4.79 Å². The van der Waals surface area contributed by atoms with Crippen LogP contribution in [-0.2, 0) is 0 Å². The first kappa shape index (κ1) is 15.9. The molecule has 0 radical (unpaired) electrons. The predicted molar refractivity (Wildman–Crippen MR) is 88.7 cm³/mol. The normalized spacial score (nSPS) is 10.2. The Morgan fingerprint density at radius 3 is 2.62 bits per heavy atom. The summed E-state index contributed by atoms with van der Waals surface area (Å²) in [5.74, 6) is 1.59. The molecule has 0 unspecified atom stereocenters. The topological polar surface area (TPSA) is 35.5 Å². The highest BCUT2D eigenvalue weighted by Gasteiger charge is 2.13. The summed E-state index contributed by atoms with van der Waals surface area (Å²) in [6.45, 7) is 0. The van der Waals surface area contributed by atoms with Gasteiger partial charge in [-0.15, -0.1) is 11.8 Å². The van der Waals surface area contributed by atoms with Crippen LogP contribution in [0.4, 0.5) is 0 Å². The minimum absolute atomic E-state index is 0.0273. The molecular formula is C16H15BrO3S. The number of thioether (sulfide) groups is 1. The summed E-state index contributed by atoms with van der Waals surface area (Å²) >= 11 is 4.92. The second kappa shape index (κ2) is 7.52. The van der Waals surface area contributed by atoms with Gasteiger partial charge in [-0.3, -0.25) is 4.79 Å². The van der Waals surface area contributed by atoms with Crippen LogP contribution < -0.4 is 9.47 Å². The predicted octanol–water partition coefficient (Wildman–Crippen LogP) is 4.44.